The quantitative estimate of drug-likeness (QED) is 0.0362. The fraction of sp³-hybridized carbons (Fsp3) is 0.881. The highest BCUT2D eigenvalue weighted by atomic mass is 16.3. The average Bonchev–Trinajstić information content (AvgIpc) is 3.30. The van der Waals surface area contributed by atoms with Gasteiger partial charge in [0.05, 0.1) is 18.8 Å². The minimum Gasteiger partial charge on any atom is -0.394 e. The van der Waals surface area contributed by atoms with Crippen LogP contribution in [-0.2, 0) is 4.79 Å². The van der Waals surface area contributed by atoms with E-state index in [0.29, 0.717) is 6.42 Å². The number of hydrogen-bond donors (Lipinski definition) is 4. The van der Waals surface area contributed by atoms with Crippen molar-refractivity contribution in [3.05, 3.63) is 36.5 Å². The molecule has 0 fully saturated rings. The van der Waals surface area contributed by atoms with Crippen LogP contribution in [0.5, 0.6) is 0 Å². The van der Waals surface area contributed by atoms with Crippen LogP contribution in [0.1, 0.15) is 309 Å². The Labute approximate surface area is 400 Å². The fourth-order valence-electron chi connectivity index (χ4n) is 8.96. The van der Waals surface area contributed by atoms with E-state index < -0.39 is 24.2 Å². The van der Waals surface area contributed by atoms with Gasteiger partial charge >= 0.3 is 0 Å². The zero-order chi connectivity index (χ0) is 46.5. The van der Waals surface area contributed by atoms with Gasteiger partial charge in [-0.3, -0.25) is 4.79 Å². The van der Waals surface area contributed by atoms with E-state index in [1.165, 1.54) is 250 Å². The zero-order valence-electron chi connectivity index (χ0n) is 43.2. The van der Waals surface area contributed by atoms with Gasteiger partial charge in [0, 0.05) is 0 Å². The largest absolute Gasteiger partial charge is 0.394 e. The summed E-state index contributed by atoms with van der Waals surface area (Å²) >= 11 is 0. The van der Waals surface area contributed by atoms with Gasteiger partial charge in [-0.15, -0.1) is 0 Å². The topological polar surface area (TPSA) is 89.8 Å². The van der Waals surface area contributed by atoms with Crippen LogP contribution in [0.3, 0.4) is 0 Å². The van der Waals surface area contributed by atoms with Crippen LogP contribution >= 0.6 is 0 Å². The van der Waals surface area contributed by atoms with Crippen LogP contribution < -0.4 is 5.32 Å². The molecule has 0 aliphatic heterocycles. The summed E-state index contributed by atoms with van der Waals surface area (Å²) in [6.07, 6.45) is 70.9. The first-order valence-electron chi connectivity index (χ1n) is 28.8. The molecule has 0 aromatic rings. The first-order valence-corrected chi connectivity index (χ1v) is 28.8. The van der Waals surface area contributed by atoms with Crippen LogP contribution in [0.4, 0.5) is 0 Å². The van der Waals surface area contributed by atoms with E-state index in [2.05, 4.69) is 43.5 Å². The number of carbonyl (C=O) groups is 1. The van der Waals surface area contributed by atoms with Crippen LogP contribution in [0, 0.1) is 0 Å². The van der Waals surface area contributed by atoms with Gasteiger partial charge in [0.25, 0.3) is 0 Å². The van der Waals surface area contributed by atoms with Crippen molar-refractivity contribution >= 4 is 5.91 Å². The summed E-state index contributed by atoms with van der Waals surface area (Å²) < 4.78 is 0. The maximum atomic E-state index is 12.5. The summed E-state index contributed by atoms with van der Waals surface area (Å²) in [7, 11) is 0. The third kappa shape index (κ3) is 48.5. The molecule has 0 radical (unpaired) electrons. The number of carbonyl (C=O) groups excluding carboxylic acids is 1. The number of amides is 1. The molecule has 5 heteroatoms. The normalized spacial score (nSPS) is 13.5. The van der Waals surface area contributed by atoms with E-state index >= 15 is 0 Å². The standard InChI is InChI=1S/C59H113NO4/c1-3-5-7-9-11-13-15-17-19-21-23-25-26-27-28-29-30-31-32-33-34-36-38-40-42-44-46-48-50-52-54-58(63)59(64)60-56(55-61)57(62)53-51-49-47-45-43-41-39-37-35-24-22-20-18-16-14-12-10-8-6-4-2/h27-28,43,45,51,53,56-58,61-63H,3-26,29-42,44,46-50,52,54-55H2,1-2H3,(H,60,64)/b28-27-,45-43+,53-51+. The van der Waals surface area contributed by atoms with E-state index in [4.69, 9.17) is 0 Å². The Bertz CT molecular complexity index is 993. The Morgan fingerprint density at radius 2 is 0.641 bits per heavy atom. The van der Waals surface area contributed by atoms with Crippen molar-refractivity contribution in [3.8, 4) is 0 Å². The van der Waals surface area contributed by atoms with Gasteiger partial charge in [-0.2, -0.15) is 0 Å². The minimum atomic E-state index is -1.11. The molecule has 0 aromatic heterocycles. The average molecular weight is 901 g/mol. The molecule has 0 aliphatic carbocycles. The Balaban J connectivity index is 3.57. The van der Waals surface area contributed by atoms with Crippen LogP contribution in [0.2, 0.25) is 0 Å². The van der Waals surface area contributed by atoms with Crippen LogP contribution in [0.15, 0.2) is 36.5 Å². The van der Waals surface area contributed by atoms with Crippen molar-refractivity contribution in [1.29, 1.82) is 0 Å². The lowest BCUT2D eigenvalue weighted by atomic mass is 10.0. The lowest BCUT2D eigenvalue weighted by Gasteiger charge is -2.21. The molecule has 0 saturated carbocycles. The third-order valence-electron chi connectivity index (χ3n) is 13.5. The predicted molar refractivity (Wildman–Crippen MR) is 282 cm³/mol. The number of aliphatic hydroxyl groups is 3. The molecule has 1 amide bonds. The number of unbranched alkanes of at least 4 members (excludes halogenated alkanes) is 41. The predicted octanol–water partition coefficient (Wildman–Crippen LogP) is 17.8. The molecule has 5 nitrogen and oxygen atoms in total. The molecular weight excluding hydrogens is 787 g/mol. The van der Waals surface area contributed by atoms with Gasteiger partial charge in [-0.25, -0.2) is 0 Å². The van der Waals surface area contributed by atoms with E-state index in [1.807, 2.05) is 6.08 Å². The highest BCUT2D eigenvalue weighted by Gasteiger charge is 2.22. The van der Waals surface area contributed by atoms with Crippen molar-refractivity contribution in [3.63, 3.8) is 0 Å². The summed E-state index contributed by atoms with van der Waals surface area (Å²) in [5.74, 6) is -0.509. The Kier molecular flexibility index (Phi) is 53.0. The highest BCUT2D eigenvalue weighted by molar-refractivity contribution is 5.80. The molecule has 0 rings (SSSR count). The zero-order valence-corrected chi connectivity index (χ0v) is 43.2. The van der Waals surface area contributed by atoms with Gasteiger partial charge in [-0.1, -0.05) is 288 Å². The Morgan fingerprint density at radius 3 is 0.953 bits per heavy atom. The molecule has 0 bridgehead atoms. The second-order valence-corrected chi connectivity index (χ2v) is 19.8. The molecule has 0 spiro atoms. The highest BCUT2D eigenvalue weighted by Crippen LogP contribution is 2.17. The van der Waals surface area contributed by atoms with Crippen molar-refractivity contribution in [1.82, 2.24) is 5.32 Å². The number of allylic oxidation sites excluding steroid dienone is 5. The van der Waals surface area contributed by atoms with E-state index in [-0.39, 0.29) is 6.61 Å². The molecule has 64 heavy (non-hydrogen) atoms. The summed E-state index contributed by atoms with van der Waals surface area (Å²) in [6.45, 7) is 4.20. The van der Waals surface area contributed by atoms with Gasteiger partial charge in [0.2, 0.25) is 5.91 Å². The number of hydrogen-bond acceptors (Lipinski definition) is 4. The van der Waals surface area contributed by atoms with Gasteiger partial charge in [0.1, 0.15) is 6.10 Å². The first-order chi connectivity index (χ1) is 31.6. The lowest BCUT2D eigenvalue weighted by Crippen LogP contribution is -2.48. The monoisotopic (exact) mass is 900 g/mol. The van der Waals surface area contributed by atoms with Crippen molar-refractivity contribution < 1.29 is 20.1 Å². The second kappa shape index (κ2) is 54.2. The molecule has 3 atom stereocenters. The maximum absolute atomic E-state index is 12.5. The smallest absolute Gasteiger partial charge is 0.249 e. The molecule has 4 N–H and O–H groups in total. The number of nitrogens with one attached hydrogen (secondary N) is 1. The van der Waals surface area contributed by atoms with E-state index in [9.17, 15) is 20.1 Å². The summed E-state index contributed by atoms with van der Waals surface area (Å²) in [5.41, 5.74) is 0. The number of rotatable bonds is 53. The number of aliphatic hydroxyl groups excluding tert-OH is 3. The summed E-state index contributed by atoms with van der Waals surface area (Å²) in [5, 5.41) is 33.3. The molecule has 0 aromatic carbocycles. The molecule has 0 heterocycles. The lowest BCUT2D eigenvalue weighted by molar-refractivity contribution is -0.131. The van der Waals surface area contributed by atoms with Crippen molar-refractivity contribution in [2.24, 2.45) is 0 Å². The summed E-state index contributed by atoms with van der Waals surface area (Å²) in [4.78, 5) is 12.5. The fourth-order valence-corrected chi connectivity index (χ4v) is 8.96. The van der Waals surface area contributed by atoms with Crippen LogP contribution in [-0.4, -0.2) is 46.1 Å². The summed E-state index contributed by atoms with van der Waals surface area (Å²) in [6, 6.07) is -0.814. The molecule has 0 saturated heterocycles. The SMILES string of the molecule is CCCCCCCCCCCCCC/C=C\CCCCCCCCCCCCCCCCC(O)C(=O)NC(CO)C(O)/C=C/CC/C=C/CCCCCCCCCCCCCCCC. The van der Waals surface area contributed by atoms with Crippen molar-refractivity contribution in [2.45, 2.75) is 327 Å². The van der Waals surface area contributed by atoms with Gasteiger partial charge in [0.15, 0.2) is 0 Å². The van der Waals surface area contributed by atoms with E-state index in [0.717, 1.165) is 38.5 Å². The molecule has 378 valence electrons. The van der Waals surface area contributed by atoms with Crippen LogP contribution in [0.25, 0.3) is 0 Å². The molecular formula is C59H113NO4. The van der Waals surface area contributed by atoms with Gasteiger partial charge in [-0.05, 0) is 57.8 Å². The molecule has 0 aliphatic rings. The van der Waals surface area contributed by atoms with E-state index in [1.54, 1.807) is 6.08 Å². The Hall–Kier alpha value is -1.43. The molecule has 3 unspecified atom stereocenters. The first kappa shape index (κ1) is 62.6. The van der Waals surface area contributed by atoms with Gasteiger partial charge < -0.3 is 20.6 Å². The minimum absolute atomic E-state index is 0.374. The second-order valence-electron chi connectivity index (χ2n) is 19.8. The maximum Gasteiger partial charge on any atom is 0.249 e. The third-order valence-corrected chi connectivity index (χ3v) is 13.5. The van der Waals surface area contributed by atoms with Crippen molar-refractivity contribution in [2.75, 3.05) is 6.61 Å². The Morgan fingerprint density at radius 1 is 0.375 bits per heavy atom.